The molecule has 1 aliphatic heterocycles. The quantitative estimate of drug-likeness (QED) is 0.295. The van der Waals surface area contributed by atoms with Crippen LogP contribution in [0.25, 0.3) is 10.9 Å². The van der Waals surface area contributed by atoms with Crippen LogP contribution in [-0.2, 0) is 21.3 Å². The van der Waals surface area contributed by atoms with Crippen molar-refractivity contribution in [2.24, 2.45) is 11.1 Å². The molecule has 1 saturated carbocycles. The maximum absolute atomic E-state index is 13.6. The highest BCUT2D eigenvalue weighted by Gasteiger charge is 2.30. The molecule has 3 aromatic rings. The predicted molar refractivity (Wildman–Crippen MR) is 164 cm³/mol. The number of aromatic nitrogens is 1. The van der Waals surface area contributed by atoms with Crippen LogP contribution in [-0.4, -0.2) is 76.6 Å². The van der Waals surface area contributed by atoms with Gasteiger partial charge in [0.05, 0.1) is 48.7 Å². The maximum Gasteiger partial charge on any atom is 0.406 e. The Morgan fingerprint density at radius 1 is 1.05 bits per heavy atom. The molecule has 1 aromatic heterocycles. The molecule has 1 saturated heterocycles. The van der Waals surface area contributed by atoms with Crippen LogP contribution in [0.15, 0.2) is 47.4 Å². The summed E-state index contributed by atoms with van der Waals surface area (Å²) in [6, 6.07) is 11.8. The van der Waals surface area contributed by atoms with Gasteiger partial charge in [0.25, 0.3) is 0 Å². The van der Waals surface area contributed by atoms with Gasteiger partial charge < -0.3 is 24.7 Å². The molecule has 238 valence electrons. The van der Waals surface area contributed by atoms with E-state index in [1.165, 1.54) is 29.9 Å². The van der Waals surface area contributed by atoms with Crippen LogP contribution in [0.2, 0.25) is 0 Å². The molecule has 44 heavy (non-hydrogen) atoms. The number of nitrogens with one attached hydrogen (secondary N) is 2. The summed E-state index contributed by atoms with van der Waals surface area (Å²) < 4.78 is 76.1. The zero-order chi connectivity index (χ0) is 31.3. The van der Waals surface area contributed by atoms with Crippen LogP contribution in [0.3, 0.4) is 0 Å². The van der Waals surface area contributed by atoms with Crippen molar-refractivity contribution in [2.45, 2.75) is 49.3 Å². The molecule has 5 rings (SSSR count). The largest absolute Gasteiger partial charge is 0.495 e. The smallest absolute Gasteiger partial charge is 0.406 e. The number of hydrogen-bond acceptors (Lipinski definition) is 7. The molecule has 2 heterocycles. The van der Waals surface area contributed by atoms with Gasteiger partial charge in [-0.3, -0.25) is 4.90 Å². The second-order valence-corrected chi connectivity index (χ2v) is 12.8. The molecule has 2 aliphatic rings. The molecular weight excluding hydrogens is 595 g/mol. The van der Waals surface area contributed by atoms with Crippen molar-refractivity contribution in [2.75, 3.05) is 57.1 Å². The number of alkyl halides is 3. The van der Waals surface area contributed by atoms with Gasteiger partial charge in [-0.15, -0.1) is 0 Å². The Labute approximate surface area is 255 Å². The van der Waals surface area contributed by atoms with Gasteiger partial charge in [0.1, 0.15) is 12.3 Å². The predicted octanol–water partition coefficient (Wildman–Crippen LogP) is 4.63. The Kier molecular flexibility index (Phi) is 9.94. The minimum atomic E-state index is -4.43. The van der Waals surface area contributed by atoms with Gasteiger partial charge in [0, 0.05) is 42.8 Å². The number of methoxy groups -OCH3 is 1. The van der Waals surface area contributed by atoms with Crippen molar-refractivity contribution in [3.05, 3.63) is 48.2 Å². The number of ether oxygens (including phenoxy) is 2. The summed E-state index contributed by atoms with van der Waals surface area (Å²) in [6.07, 6.45) is 0.0865. The van der Waals surface area contributed by atoms with Gasteiger partial charge in [-0.2, -0.15) is 13.2 Å². The number of hydrogen-bond donors (Lipinski definition) is 3. The van der Waals surface area contributed by atoms with E-state index in [0.29, 0.717) is 28.6 Å². The number of morpholine rings is 1. The molecule has 0 unspecified atom stereocenters. The van der Waals surface area contributed by atoms with Gasteiger partial charge in [-0.25, -0.2) is 13.6 Å². The zero-order valence-electron chi connectivity index (χ0n) is 24.6. The second-order valence-electron chi connectivity index (χ2n) is 11.2. The van der Waals surface area contributed by atoms with E-state index < -0.39 is 22.7 Å². The lowest BCUT2D eigenvalue weighted by Crippen LogP contribution is -2.45. The van der Waals surface area contributed by atoms with Gasteiger partial charge in [0.2, 0.25) is 10.0 Å². The minimum absolute atomic E-state index is 0.0802. The summed E-state index contributed by atoms with van der Waals surface area (Å²) >= 11 is 0. The van der Waals surface area contributed by atoms with E-state index in [0.717, 1.165) is 64.2 Å². The van der Waals surface area contributed by atoms with Crippen LogP contribution >= 0.6 is 0 Å². The molecule has 2 fully saturated rings. The summed E-state index contributed by atoms with van der Waals surface area (Å²) in [5, 5.41) is 12.4. The van der Waals surface area contributed by atoms with Crippen LogP contribution in [0, 0.1) is 17.8 Å². The molecule has 1 aliphatic carbocycles. The van der Waals surface area contributed by atoms with E-state index in [1.807, 2.05) is 6.07 Å². The molecular formula is C31H38F3N5O4S. The Morgan fingerprint density at radius 2 is 1.80 bits per heavy atom. The van der Waals surface area contributed by atoms with E-state index in [2.05, 4.69) is 27.4 Å². The van der Waals surface area contributed by atoms with Gasteiger partial charge >= 0.3 is 6.18 Å². The number of halogens is 3. The number of primary sulfonamides is 1. The fraction of sp³-hybridized carbons (Fsp3) is 0.484. The van der Waals surface area contributed by atoms with Crippen molar-refractivity contribution in [1.29, 1.82) is 0 Å². The third-order valence-electron chi connectivity index (χ3n) is 8.33. The highest BCUT2D eigenvalue weighted by Crippen LogP contribution is 2.32. The lowest BCUT2D eigenvalue weighted by Gasteiger charge is -2.38. The molecule has 13 heteroatoms. The second kappa shape index (κ2) is 13.7. The number of benzene rings is 2. The molecule has 0 bridgehead atoms. The number of anilines is 2. The highest BCUT2D eigenvalue weighted by molar-refractivity contribution is 7.89. The van der Waals surface area contributed by atoms with E-state index in [9.17, 15) is 21.6 Å². The number of fused-ring (bicyclic) bond motifs is 1. The van der Waals surface area contributed by atoms with Gasteiger partial charge in [-0.05, 0) is 67.9 Å². The van der Waals surface area contributed by atoms with Crippen molar-refractivity contribution in [3.63, 3.8) is 0 Å². The summed E-state index contributed by atoms with van der Waals surface area (Å²) in [4.78, 5) is 2.43. The zero-order valence-corrected chi connectivity index (χ0v) is 25.4. The molecule has 0 amide bonds. The van der Waals surface area contributed by atoms with Crippen molar-refractivity contribution < 1.29 is 31.1 Å². The first-order valence-electron chi connectivity index (χ1n) is 14.7. The monoisotopic (exact) mass is 633 g/mol. The lowest BCUT2D eigenvalue weighted by atomic mass is 9.85. The van der Waals surface area contributed by atoms with Gasteiger partial charge in [0.15, 0.2) is 0 Å². The third-order valence-corrected chi connectivity index (χ3v) is 9.24. The summed E-state index contributed by atoms with van der Waals surface area (Å²) in [7, 11) is -2.52. The standard InChI is InChI=1S/C31H38F3N5O4S/c1-42-30-19-25(44(35,40)41)11-12-28(30)36-13-3-4-24-18-26-27(5-2-6-29(26)39(24)21-31(32,33)34)37-20-22-7-9-23(10-8-22)38-14-16-43-17-15-38/h2,5-6,11-12,18-19,22-23,36-37H,7-10,13-17,20-21H2,1H3,(H2,35,40,41). The molecule has 4 N–H and O–H groups in total. The van der Waals surface area contributed by atoms with Gasteiger partial charge in [-0.1, -0.05) is 12.0 Å². The fourth-order valence-corrected chi connectivity index (χ4v) is 6.60. The van der Waals surface area contributed by atoms with E-state index >= 15 is 0 Å². The third kappa shape index (κ3) is 7.98. The average molecular weight is 634 g/mol. The van der Waals surface area contributed by atoms with E-state index in [-0.39, 0.29) is 22.9 Å². The first kappa shape index (κ1) is 32.0. The molecule has 9 nitrogen and oxygen atoms in total. The normalized spacial score (nSPS) is 19.8. The van der Waals surface area contributed by atoms with E-state index in [4.69, 9.17) is 14.6 Å². The van der Waals surface area contributed by atoms with Crippen molar-refractivity contribution in [3.8, 4) is 17.6 Å². The minimum Gasteiger partial charge on any atom is -0.495 e. The Morgan fingerprint density at radius 3 is 2.48 bits per heavy atom. The molecule has 0 spiro atoms. The fourth-order valence-electron chi connectivity index (χ4n) is 6.07. The Bertz CT molecular complexity index is 1620. The number of nitrogens with two attached hydrogens (primary N) is 1. The SMILES string of the molecule is COc1cc(S(N)(=O)=O)ccc1NCC#Cc1cc2c(NCC3CCC(N4CCOCC4)CC3)cccc2n1CC(F)(F)F. The number of sulfonamides is 1. The maximum atomic E-state index is 13.6. The van der Waals surface area contributed by atoms with Crippen molar-refractivity contribution >= 4 is 32.3 Å². The first-order valence-corrected chi connectivity index (χ1v) is 16.2. The lowest BCUT2D eigenvalue weighted by molar-refractivity contribution is -0.140. The topological polar surface area (TPSA) is 111 Å². The summed E-state index contributed by atoms with van der Waals surface area (Å²) in [5.41, 5.74) is 1.96. The molecule has 0 radical (unpaired) electrons. The first-order chi connectivity index (χ1) is 21.0. The Hall–Kier alpha value is -3.44. The molecule has 0 atom stereocenters. The van der Waals surface area contributed by atoms with Crippen LogP contribution in [0.1, 0.15) is 31.4 Å². The van der Waals surface area contributed by atoms with Crippen LogP contribution in [0.5, 0.6) is 5.75 Å². The summed E-state index contributed by atoms with van der Waals surface area (Å²) in [6.45, 7) is 3.27. The highest BCUT2D eigenvalue weighted by atomic mass is 32.2. The van der Waals surface area contributed by atoms with Crippen LogP contribution < -0.4 is 20.5 Å². The summed E-state index contributed by atoms with van der Waals surface area (Å²) in [5.74, 6) is 6.52. The molecule has 2 aromatic carbocycles. The Balaban J connectivity index is 1.29. The average Bonchev–Trinajstić information content (AvgIpc) is 3.34. The number of nitrogens with zero attached hydrogens (tertiary/aromatic N) is 2. The number of rotatable bonds is 9. The van der Waals surface area contributed by atoms with E-state index in [1.54, 1.807) is 18.2 Å². The van der Waals surface area contributed by atoms with Crippen LogP contribution in [0.4, 0.5) is 24.5 Å². The van der Waals surface area contributed by atoms with Crippen molar-refractivity contribution in [1.82, 2.24) is 9.47 Å².